The Balaban J connectivity index is 1.97. The van der Waals surface area contributed by atoms with E-state index >= 15 is 0 Å². The van der Waals surface area contributed by atoms with E-state index in [1.165, 1.54) is 43.5 Å². The van der Waals surface area contributed by atoms with Crippen LogP contribution in [0.4, 0.5) is 11.4 Å². The zero-order valence-electron chi connectivity index (χ0n) is 17.8. The molecule has 0 aromatic heterocycles. The lowest BCUT2D eigenvalue weighted by Gasteiger charge is -2.13. The van der Waals surface area contributed by atoms with Crippen molar-refractivity contribution in [3.05, 3.63) is 104 Å². The molecule has 0 aliphatic carbocycles. The molecule has 0 fully saturated rings. The van der Waals surface area contributed by atoms with Gasteiger partial charge >= 0.3 is 0 Å². The van der Waals surface area contributed by atoms with Crippen molar-refractivity contribution < 1.29 is 19.2 Å². The molecular weight excluding hydrogens is 446 g/mol. The van der Waals surface area contributed by atoms with Gasteiger partial charge < -0.3 is 15.4 Å². The first-order valence-corrected chi connectivity index (χ1v) is 10.1. The van der Waals surface area contributed by atoms with Gasteiger partial charge in [0.05, 0.1) is 17.6 Å². The molecule has 0 aliphatic heterocycles. The normalized spacial score (nSPS) is 10.9. The first-order valence-electron chi connectivity index (χ1n) is 9.76. The van der Waals surface area contributed by atoms with Gasteiger partial charge in [0, 0.05) is 22.8 Å². The summed E-state index contributed by atoms with van der Waals surface area (Å²) in [6, 6.07) is 17.3. The molecule has 33 heavy (non-hydrogen) atoms. The summed E-state index contributed by atoms with van der Waals surface area (Å²) in [5.74, 6) is -0.977. The van der Waals surface area contributed by atoms with Crippen LogP contribution in [0, 0.1) is 17.0 Å². The number of hydrogen-bond donors (Lipinski definition) is 2. The summed E-state index contributed by atoms with van der Waals surface area (Å²) in [7, 11) is 1.41. The molecule has 0 saturated heterocycles. The molecule has 168 valence electrons. The van der Waals surface area contributed by atoms with Crippen molar-refractivity contribution in [3.63, 3.8) is 0 Å². The van der Waals surface area contributed by atoms with E-state index in [4.69, 9.17) is 16.3 Å². The number of benzene rings is 3. The van der Waals surface area contributed by atoms with Crippen LogP contribution < -0.4 is 15.4 Å². The zero-order valence-corrected chi connectivity index (χ0v) is 18.6. The maximum Gasteiger partial charge on any atom is 0.272 e. The van der Waals surface area contributed by atoms with E-state index in [0.717, 1.165) is 5.56 Å². The fourth-order valence-electron chi connectivity index (χ4n) is 2.94. The first kappa shape index (κ1) is 23.5. The third-order valence-corrected chi connectivity index (χ3v) is 4.84. The van der Waals surface area contributed by atoms with Crippen molar-refractivity contribution >= 4 is 40.9 Å². The van der Waals surface area contributed by atoms with Gasteiger partial charge in [0.15, 0.2) is 0 Å². The van der Waals surface area contributed by atoms with E-state index in [9.17, 15) is 19.7 Å². The molecule has 2 N–H and O–H groups in total. The fraction of sp³-hybridized carbons (Fsp3) is 0.0833. The number of rotatable bonds is 7. The highest BCUT2D eigenvalue weighted by molar-refractivity contribution is 6.31. The molecule has 0 atom stereocenters. The standard InChI is InChI=1S/C24H20ClN3O5/c1-15-6-9-18(10-7-15)26-24(30)21(13-16-4-3-5-19(12-16)28(31)32)27-23(29)20-14-17(25)8-11-22(20)33-2/h3-14H,1-2H3,(H,26,30)(H,27,29)/b21-13-. The van der Waals surface area contributed by atoms with Gasteiger partial charge in [-0.15, -0.1) is 0 Å². The third-order valence-electron chi connectivity index (χ3n) is 4.60. The van der Waals surface area contributed by atoms with Crippen molar-refractivity contribution in [1.82, 2.24) is 5.32 Å². The number of nitrogens with zero attached hydrogens (tertiary/aromatic N) is 1. The minimum absolute atomic E-state index is 0.122. The predicted octanol–water partition coefficient (Wildman–Crippen LogP) is 4.97. The van der Waals surface area contributed by atoms with Crippen LogP contribution in [0.15, 0.2) is 72.4 Å². The average Bonchev–Trinajstić information content (AvgIpc) is 2.80. The topological polar surface area (TPSA) is 111 Å². The van der Waals surface area contributed by atoms with Gasteiger partial charge in [-0.25, -0.2) is 0 Å². The number of hydrogen-bond acceptors (Lipinski definition) is 5. The second-order valence-electron chi connectivity index (χ2n) is 7.03. The quantitative estimate of drug-likeness (QED) is 0.290. The zero-order chi connectivity index (χ0) is 24.0. The minimum Gasteiger partial charge on any atom is -0.496 e. The van der Waals surface area contributed by atoms with Crippen molar-refractivity contribution in [3.8, 4) is 5.75 Å². The fourth-order valence-corrected chi connectivity index (χ4v) is 3.11. The van der Waals surface area contributed by atoms with Crippen LogP contribution in [0.5, 0.6) is 5.75 Å². The second kappa shape index (κ2) is 10.4. The number of aryl methyl sites for hydroxylation is 1. The molecule has 0 bridgehead atoms. The number of anilines is 1. The summed E-state index contributed by atoms with van der Waals surface area (Å²) in [5, 5.41) is 16.7. The molecule has 9 heteroatoms. The van der Waals surface area contributed by atoms with E-state index < -0.39 is 16.7 Å². The Bertz CT molecular complexity index is 1240. The van der Waals surface area contributed by atoms with Gasteiger partial charge in [-0.2, -0.15) is 0 Å². The first-order chi connectivity index (χ1) is 15.8. The van der Waals surface area contributed by atoms with Crippen LogP contribution in [-0.2, 0) is 4.79 Å². The number of ether oxygens (including phenoxy) is 1. The molecule has 3 rings (SSSR count). The van der Waals surface area contributed by atoms with Gasteiger partial charge in [-0.3, -0.25) is 19.7 Å². The predicted molar refractivity (Wildman–Crippen MR) is 126 cm³/mol. The van der Waals surface area contributed by atoms with Gasteiger partial charge in [0.25, 0.3) is 17.5 Å². The number of halogens is 1. The van der Waals surface area contributed by atoms with Crippen molar-refractivity contribution in [1.29, 1.82) is 0 Å². The SMILES string of the molecule is COc1ccc(Cl)cc1C(=O)N/C(=C\c1cccc([N+](=O)[O-])c1)C(=O)Nc1ccc(C)cc1. The van der Waals surface area contributed by atoms with Crippen molar-refractivity contribution in [2.24, 2.45) is 0 Å². The van der Waals surface area contributed by atoms with E-state index in [0.29, 0.717) is 16.3 Å². The van der Waals surface area contributed by atoms with E-state index in [-0.39, 0.29) is 22.7 Å². The Kier molecular flexibility index (Phi) is 7.42. The molecule has 2 amide bonds. The summed E-state index contributed by atoms with van der Waals surface area (Å²) >= 11 is 6.02. The van der Waals surface area contributed by atoms with Crippen LogP contribution in [0.3, 0.4) is 0 Å². The van der Waals surface area contributed by atoms with Gasteiger partial charge in [0.1, 0.15) is 11.4 Å². The number of nitro groups is 1. The van der Waals surface area contributed by atoms with Crippen LogP contribution in [-0.4, -0.2) is 23.8 Å². The average molecular weight is 466 g/mol. The Morgan fingerprint density at radius 2 is 1.79 bits per heavy atom. The van der Waals surface area contributed by atoms with E-state index in [1.807, 2.05) is 19.1 Å². The highest BCUT2D eigenvalue weighted by atomic mass is 35.5. The summed E-state index contributed by atoms with van der Waals surface area (Å²) in [4.78, 5) is 36.6. The van der Waals surface area contributed by atoms with Crippen molar-refractivity contribution in [2.75, 3.05) is 12.4 Å². The maximum atomic E-state index is 13.0. The largest absolute Gasteiger partial charge is 0.496 e. The summed E-state index contributed by atoms with van der Waals surface area (Å²) < 4.78 is 5.22. The van der Waals surface area contributed by atoms with Crippen LogP contribution >= 0.6 is 11.6 Å². The third kappa shape index (κ3) is 6.18. The highest BCUT2D eigenvalue weighted by Crippen LogP contribution is 2.23. The number of nitrogens with one attached hydrogen (secondary N) is 2. The minimum atomic E-state index is -0.634. The van der Waals surface area contributed by atoms with E-state index in [2.05, 4.69) is 10.6 Å². The number of carbonyl (C=O) groups excluding carboxylic acids is 2. The molecule has 8 nitrogen and oxygen atoms in total. The van der Waals surface area contributed by atoms with Gasteiger partial charge in [-0.1, -0.05) is 41.4 Å². The highest BCUT2D eigenvalue weighted by Gasteiger charge is 2.19. The monoisotopic (exact) mass is 465 g/mol. The molecule has 0 spiro atoms. The van der Waals surface area contributed by atoms with Gasteiger partial charge in [-0.05, 0) is 48.9 Å². The molecule has 0 radical (unpaired) electrons. The van der Waals surface area contributed by atoms with Crippen LogP contribution in [0.25, 0.3) is 6.08 Å². The molecule has 3 aromatic carbocycles. The number of amides is 2. The molecule has 0 aliphatic rings. The molecule has 0 unspecified atom stereocenters. The van der Waals surface area contributed by atoms with Gasteiger partial charge in [0.2, 0.25) is 0 Å². The molecular formula is C24H20ClN3O5. The smallest absolute Gasteiger partial charge is 0.272 e. The maximum absolute atomic E-state index is 13.0. The van der Waals surface area contributed by atoms with Crippen molar-refractivity contribution in [2.45, 2.75) is 6.92 Å². The number of carbonyl (C=O) groups is 2. The molecule has 0 saturated carbocycles. The Hall–Kier alpha value is -4.17. The summed E-state index contributed by atoms with van der Waals surface area (Å²) in [6.45, 7) is 1.91. The Labute approximate surface area is 195 Å². The lowest BCUT2D eigenvalue weighted by atomic mass is 10.1. The molecule has 3 aromatic rings. The Morgan fingerprint density at radius 3 is 2.45 bits per heavy atom. The lowest BCUT2D eigenvalue weighted by Crippen LogP contribution is -2.31. The number of nitro benzene ring substituents is 1. The van der Waals surface area contributed by atoms with E-state index in [1.54, 1.807) is 24.3 Å². The summed E-state index contributed by atoms with van der Waals surface area (Å²) in [5.41, 5.74) is 1.74. The summed E-state index contributed by atoms with van der Waals surface area (Å²) in [6.07, 6.45) is 1.35. The van der Waals surface area contributed by atoms with Crippen LogP contribution in [0.2, 0.25) is 5.02 Å². The molecule has 0 heterocycles. The van der Waals surface area contributed by atoms with Crippen LogP contribution in [0.1, 0.15) is 21.5 Å². The Morgan fingerprint density at radius 1 is 1.06 bits per heavy atom. The number of non-ortho nitro benzene ring substituents is 1. The second-order valence-corrected chi connectivity index (χ2v) is 7.47. The lowest BCUT2D eigenvalue weighted by molar-refractivity contribution is -0.384. The number of methoxy groups -OCH3 is 1.